The number of rotatable bonds is 2. The molecule has 6 nitrogen and oxygen atoms in total. The van der Waals surface area contributed by atoms with Crippen molar-refractivity contribution in [1.29, 1.82) is 0 Å². The monoisotopic (exact) mass is 394 g/mol. The Hall–Kier alpha value is -2.81. The van der Waals surface area contributed by atoms with Crippen molar-refractivity contribution < 1.29 is 32.5 Å². The summed E-state index contributed by atoms with van der Waals surface area (Å²) in [6.45, 7) is 3.52. The summed E-state index contributed by atoms with van der Waals surface area (Å²) in [5.74, 6) is -0.507. The van der Waals surface area contributed by atoms with Crippen LogP contribution < -0.4 is 9.47 Å². The molecule has 2 aliphatic rings. The van der Waals surface area contributed by atoms with E-state index in [9.17, 15) is 23.1 Å². The number of aliphatic hydroxyl groups excluding tert-OH is 1. The predicted octanol–water partition coefficient (Wildman–Crippen LogP) is 3.21. The third kappa shape index (κ3) is 3.05. The smallest absolute Gasteiger partial charge is 0.485 e. The summed E-state index contributed by atoms with van der Waals surface area (Å²) < 4.78 is 47.7. The fourth-order valence-corrected chi connectivity index (χ4v) is 3.67. The van der Waals surface area contributed by atoms with Crippen molar-refractivity contribution >= 4 is 5.91 Å². The van der Waals surface area contributed by atoms with Gasteiger partial charge in [-0.15, -0.1) is 13.2 Å². The molecule has 0 unspecified atom stereocenters. The molecule has 0 bridgehead atoms. The Morgan fingerprint density at radius 3 is 2.75 bits per heavy atom. The van der Waals surface area contributed by atoms with Crippen LogP contribution in [0.3, 0.4) is 0 Å². The van der Waals surface area contributed by atoms with Gasteiger partial charge < -0.3 is 19.5 Å². The number of nitrogens with zero attached hydrogens (tertiary/aromatic N) is 2. The number of amides is 1. The molecule has 0 aliphatic carbocycles. The van der Waals surface area contributed by atoms with Crippen LogP contribution in [0, 0.1) is 0 Å². The maximum absolute atomic E-state index is 12.9. The fraction of sp³-hybridized carbons (Fsp3) is 0.368. The summed E-state index contributed by atoms with van der Waals surface area (Å²) in [5.41, 5.74) is 0.337. The van der Waals surface area contributed by atoms with E-state index in [1.54, 1.807) is 26.1 Å². The molecule has 0 saturated heterocycles. The number of carbonyl (C=O) groups is 1. The molecule has 2 atom stereocenters. The van der Waals surface area contributed by atoms with Crippen molar-refractivity contribution in [2.24, 2.45) is 0 Å². The summed E-state index contributed by atoms with van der Waals surface area (Å²) in [4.78, 5) is 18.3. The second-order valence-corrected chi connectivity index (χ2v) is 7.31. The molecule has 0 radical (unpaired) electrons. The lowest BCUT2D eigenvalue weighted by Gasteiger charge is -2.45. The molecule has 28 heavy (non-hydrogen) atoms. The lowest BCUT2D eigenvalue weighted by molar-refractivity contribution is -0.274. The largest absolute Gasteiger partial charge is 0.573 e. The average molecular weight is 394 g/mol. The van der Waals surface area contributed by atoms with E-state index in [4.69, 9.17) is 4.74 Å². The average Bonchev–Trinajstić information content (AvgIpc) is 2.92. The van der Waals surface area contributed by atoms with Gasteiger partial charge in [-0.25, -0.2) is 0 Å². The van der Waals surface area contributed by atoms with Crippen LogP contribution in [-0.4, -0.2) is 39.0 Å². The van der Waals surface area contributed by atoms with E-state index >= 15 is 0 Å². The minimum Gasteiger partial charge on any atom is -0.485 e. The number of benzene rings is 1. The SMILES string of the molecule is CC1(C)Oc2ccc(OC(F)(F)F)cc2[C@@H](N2Cc3ccncc3C2=O)[C@@H]1O. The van der Waals surface area contributed by atoms with Gasteiger partial charge in [0, 0.05) is 24.5 Å². The first kappa shape index (κ1) is 18.5. The van der Waals surface area contributed by atoms with Crippen molar-refractivity contribution in [3.8, 4) is 11.5 Å². The van der Waals surface area contributed by atoms with E-state index in [1.165, 1.54) is 17.2 Å². The first-order chi connectivity index (χ1) is 13.1. The van der Waals surface area contributed by atoms with Crippen molar-refractivity contribution in [3.05, 3.63) is 53.3 Å². The Bertz CT molecular complexity index is 945. The summed E-state index contributed by atoms with van der Waals surface area (Å²) >= 11 is 0. The number of hydrogen-bond acceptors (Lipinski definition) is 5. The number of aliphatic hydroxyl groups is 1. The lowest BCUT2D eigenvalue weighted by Crippen LogP contribution is -2.53. The topological polar surface area (TPSA) is 71.9 Å². The van der Waals surface area contributed by atoms with Crippen LogP contribution in [0.5, 0.6) is 11.5 Å². The predicted molar refractivity (Wildman–Crippen MR) is 90.7 cm³/mol. The van der Waals surface area contributed by atoms with Gasteiger partial charge in [0.05, 0.1) is 11.6 Å². The van der Waals surface area contributed by atoms with Gasteiger partial charge in [-0.05, 0) is 43.7 Å². The van der Waals surface area contributed by atoms with E-state index in [0.29, 0.717) is 5.56 Å². The molecular weight excluding hydrogens is 377 g/mol. The summed E-state index contributed by atoms with van der Waals surface area (Å²) in [7, 11) is 0. The van der Waals surface area contributed by atoms with Gasteiger partial charge in [0.15, 0.2) is 0 Å². The van der Waals surface area contributed by atoms with E-state index in [1.807, 2.05) is 0 Å². The van der Waals surface area contributed by atoms with Gasteiger partial charge in [0.1, 0.15) is 23.2 Å². The quantitative estimate of drug-likeness (QED) is 0.847. The zero-order chi connectivity index (χ0) is 20.3. The molecule has 1 amide bonds. The highest BCUT2D eigenvalue weighted by Gasteiger charge is 2.49. The number of halogens is 3. The summed E-state index contributed by atoms with van der Waals surface area (Å²) in [6.07, 6.45) is -3.03. The molecule has 4 rings (SSSR count). The number of pyridine rings is 1. The zero-order valence-electron chi connectivity index (χ0n) is 15.0. The van der Waals surface area contributed by atoms with Crippen LogP contribution in [0.4, 0.5) is 13.2 Å². The number of alkyl halides is 3. The van der Waals surface area contributed by atoms with E-state index in [0.717, 1.165) is 17.7 Å². The third-order valence-corrected chi connectivity index (χ3v) is 5.00. The summed E-state index contributed by atoms with van der Waals surface area (Å²) in [5, 5.41) is 10.9. The molecule has 148 valence electrons. The number of fused-ring (bicyclic) bond motifs is 2. The highest BCUT2D eigenvalue weighted by Crippen LogP contribution is 2.46. The molecular formula is C19H17F3N2O4. The highest BCUT2D eigenvalue weighted by molar-refractivity contribution is 5.98. The number of ether oxygens (including phenoxy) is 2. The normalized spacial score (nSPS) is 23.1. The second-order valence-electron chi connectivity index (χ2n) is 7.31. The molecule has 1 N–H and O–H groups in total. The minimum absolute atomic E-state index is 0.207. The summed E-state index contributed by atoms with van der Waals surface area (Å²) in [6, 6.07) is 4.44. The van der Waals surface area contributed by atoms with E-state index in [2.05, 4.69) is 9.72 Å². The number of carbonyl (C=O) groups excluding carboxylic acids is 1. The molecule has 3 heterocycles. The van der Waals surface area contributed by atoms with Crippen molar-refractivity contribution in [2.45, 2.75) is 44.5 Å². The maximum Gasteiger partial charge on any atom is 0.573 e. The van der Waals surface area contributed by atoms with Gasteiger partial charge in [0.2, 0.25) is 0 Å². The molecule has 2 aliphatic heterocycles. The van der Waals surface area contributed by atoms with Gasteiger partial charge >= 0.3 is 6.36 Å². The minimum atomic E-state index is -4.86. The molecule has 9 heteroatoms. The molecule has 2 aromatic rings. The number of aromatic nitrogens is 1. The molecule has 1 aromatic heterocycles. The molecule has 0 spiro atoms. The Balaban J connectivity index is 1.79. The van der Waals surface area contributed by atoms with E-state index < -0.39 is 29.9 Å². The Morgan fingerprint density at radius 1 is 1.32 bits per heavy atom. The van der Waals surface area contributed by atoms with Crippen LogP contribution in [0.2, 0.25) is 0 Å². The standard InChI is InChI=1S/C19H17F3N2O4/c1-18(2)16(25)15(24-9-10-5-6-23-8-13(10)17(24)26)12-7-11(27-19(20,21)22)3-4-14(12)28-18/h3-8,15-16,25H,9H2,1-2H3/t15-,16+/m1/s1. The first-order valence-corrected chi connectivity index (χ1v) is 8.57. The highest BCUT2D eigenvalue weighted by atomic mass is 19.4. The maximum atomic E-state index is 12.9. The molecule has 1 aromatic carbocycles. The third-order valence-electron chi connectivity index (χ3n) is 5.00. The van der Waals surface area contributed by atoms with Crippen LogP contribution in [0.15, 0.2) is 36.7 Å². The molecule has 0 saturated carbocycles. The Kier molecular flexibility index (Phi) is 4.04. The van der Waals surface area contributed by atoms with Crippen LogP contribution >= 0.6 is 0 Å². The van der Waals surface area contributed by atoms with Crippen LogP contribution in [-0.2, 0) is 6.54 Å². The van der Waals surface area contributed by atoms with Crippen molar-refractivity contribution in [2.75, 3.05) is 0 Å². The van der Waals surface area contributed by atoms with Gasteiger partial charge in [-0.2, -0.15) is 0 Å². The van der Waals surface area contributed by atoms with Crippen molar-refractivity contribution in [3.63, 3.8) is 0 Å². The zero-order valence-corrected chi connectivity index (χ0v) is 15.0. The van der Waals surface area contributed by atoms with Gasteiger partial charge in [-0.3, -0.25) is 9.78 Å². The second kappa shape index (κ2) is 6.10. The Morgan fingerprint density at radius 2 is 2.07 bits per heavy atom. The van der Waals surface area contributed by atoms with Gasteiger partial charge in [-0.1, -0.05) is 0 Å². The van der Waals surface area contributed by atoms with E-state index in [-0.39, 0.29) is 23.8 Å². The lowest BCUT2D eigenvalue weighted by atomic mass is 9.85. The first-order valence-electron chi connectivity index (χ1n) is 8.57. The van der Waals surface area contributed by atoms with Crippen LogP contribution in [0.25, 0.3) is 0 Å². The Labute approximate surface area is 158 Å². The molecule has 0 fully saturated rings. The van der Waals surface area contributed by atoms with Crippen LogP contribution in [0.1, 0.15) is 41.4 Å². The number of hydrogen-bond donors (Lipinski definition) is 1. The van der Waals surface area contributed by atoms with Crippen molar-refractivity contribution in [1.82, 2.24) is 9.88 Å². The fourth-order valence-electron chi connectivity index (χ4n) is 3.67. The van der Waals surface area contributed by atoms with Gasteiger partial charge in [0.25, 0.3) is 5.91 Å².